The van der Waals surface area contributed by atoms with E-state index in [1.54, 1.807) is 6.07 Å². The van der Waals surface area contributed by atoms with Crippen molar-refractivity contribution in [2.24, 2.45) is 5.73 Å². The summed E-state index contributed by atoms with van der Waals surface area (Å²) in [5.41, 5.74) is 6.83. The van der Waals surface area contributed by atoms with E-state index in [2.05, 4.69) is 25.9 Å². The van der Waals surface area contributed by atoms with E-state index in [-0.39, 0.29) is 31.2 Å². The van der Waals surface area contributed by atoms with Gasteiger partial charge in [0.25, 0.3) is 5.91 Å². The van der Waals surface area contributed by atoms with Crippen LogP contribution in [0.15, 0.2) is 24.4 Å². The van der Waals surface area contributed by atoms with Gasteiger partial charge in [-0.1, -0.05) is 0 Å². The third kappa shape index (κ3) is 5.40. The molecule has 1 atom stereocenters. The molecule has 1 aromatic heterocycles. The van der Waals surface area contributed by atoms with Gasteiger partial charge in [0.1, 0.15) is 24.3 Å². The minimum absolute atomic E-state index is 0. The number of hydrogen-bond acceptors (Lipinski definition) is 8. The predicted octanol–water partition coefficient (Wildman–Crippen LogP) is 1.81. The normalized spacial score (nSPS) is 15.8. The standard InChI is InChI=1S/C18H24N6O3.H2S/c1-18(2,3)24-16-12(15(19)26)8-21-17(23-16)22-10-4-5-14-13(6-10)20-7-11(25)9-27-14;/h4-6,8,11,20,25H,7,9H2,1-3H3,(H2,19,26)(H2,21,22,23,24);1H2/t11-;/m0./s1. The number of β-amino-alcohol motifs (C(OH)–C–C–N with tert-alkyl or cyclic N) is 1. The lowest BCUT2D eigenvalue weighted by Gasteiger charge is -2.22. The molecule has 1 amide bonds. The van der Waals surface area contributed by atoms with Crippen molar-refractivity contribution >= 4 is 42.5 Å². The number of aromatic nitrogens is 2. The van der Waals surface area contributed by atoms with Crippen LogP contribution in [0.5, 0.6) is 5.75 Å². The molecule has 0 spiro atoms. The van der Waals surface area contributed by atoms with Gasteiger partial charge >= 0.3 is 0 Å². The number of fused-ring (bicyclic) bond motifs is 1. The zero-order valence-corrected chi connectivity index (χ0v) is 17.0. The molecule has 0 aliphatic carbocycles. The minimum atomic E-state index is -0.599. The van der Waals surface area contributed by atoms with Crippen LogP contribution in [0.3, 0.4) is 0 Å². The van der Waals surface area contributed by atoms with Crippen molar-refractivity contribution in [1.82, 2.24) is 9.97 Å². The molecule has 0 saturated heterocycles. The topological polar surface area (TPSA) is 134 Å². The number of nitrogens with zero attached hydrogens (tertiary/aromatic N) is 2. The van der Waals surface area contributed by atoms with Gasteiger partial charge in [-0.05, 0) is 39.0 Å². The van der Waals surface area contributed by atoms with Crippen LogP contribution >= 0.6 is 13.5 Å². The second-order valence-corrected chi connectivity index (χ2v) is 7.38. The van der Waals surface area contributed by atoms with E-state index in [1.807, 2.05) is 32.9 Å². The molecule has 0 unspecified atom stereocenters. The molecule has 10 heteroatoms. The average Bonchev–Trinajstić information content (AvgIpc) is 2.75. The van der Waals surface area contributed by atoms with Crippen LogP contribution in [0.4, 0.5) is 23.1 Å². The molecule has 1 aliphatic rings. The zero-order valence-electron chi connectivity index (χ0n) is 16.0. The highest BCUT2D eigenvalue weighted by atomic mass is 32.1. The van der Waals surface area contributed by atoms with Gasteiger partial charge in [-0.25, -0.2) is 4.98 Å². The van der Waals surface area contributed by atoms with Gasteiger partial charge in [-0.3, -0.25) is 4.79 Å². The summed E-state index contributed by atoms with van der Waals surface area (Å²) in [5, 5.41) is 19.1. The van der Waals surface area contributed by atoms with Crippen LogP contribution in [-0.4, -0.2) is 45.8 Å². The molecule has 9 nitrogen and oxygen atoms in total. The molecule has 1 aromatic carbocycles. The van der Waals surface area contributed by atoms with E-state index in [0.717, 1.165) is 11.4 Å². The van der Waals surface area contributed by atoms with E-state index in [1.165, 1.54) is 6.20 Å². The smallest absolute Gasteiger partial charge is 0.254 e. The molecule has 152 valence electrons. The van der Waals surface area contributed by atoms with Gasteiger partial charge < -0.3 is 31.5 Å². The number of rotatable bonds is 4. The lowest BCUT2D eigenvalue weighted by Crippen LogP contribution is -2.29. The van der Waals surface area contributed by atoms with Gasteiger partial charge in [-0.2, -0.15) is 18.5 Å². The highest BCUT2D eigenvalue weighted by Crippen LogP contribution is 2.31. The number of primary amides is 1. The van der Waals surface area contributed by atoms with Crippen LogP contribution in [0.2, 0.25) is 0 Å². The summed E-state index contributed by atoms with van der Waals surface area (Å²) >= 11 is 0. The maximum Gasteiger partial charge on any atom is 0.254 e. The Hall–Kier alpha value is -2.72. The van der Waals surface area contributed by atoms with E-state index in [4.69, 9.17) is 10.5 Å². The lowest BCUT2D eigenvalue weighted by atomic mass is 10.1. The summed E-state index contributed by atoms with van der Waals surface area (Å²) in [5.74, 6) is 0.753. The van der Waals surface area contributed by atoms with Crippen molar-refractivity contribution in [3.63, 3.8) is 0 Å². The van der Waals surface area contributed by atoms with Gasteiger partial charge in [-0.15, -0.1) is 0 Å². The van der Waals surface area contributed by atoms with Crippen molar-refractivity contribution in [3.05, 3.63) is 30.0 Å². The largest absolute Gasteiger partial charge is 0.489 e. The fourth-order valence-electron chi connectivity index (χ4n) is 2.55. The van der Waals surface area contributed by atoms with Crippen LogP contribution in [0.1, 0.15) is 31.1 Å². The molecular formula is C18H26N6O3S. The van der Waals surface area contributed by atoms with Crippen molar-refractivity contribution in [2.45, 2.75) is 32.4 Å². The van der Waals surface area contributed by atoms with E-state index < -0.39 is 12.0 Å². The Morgan fingerprint density at radius 3 is 2.82 bits per heavy atom. The van der Waals surface area contributed by atoms with Crippen LogP contribution in [0, 0.1) is 0 Å². The fourth-order valence-corrected chi connectivity index (χ4v) is 2.55. The van der Waals surface area contributed by atoms with E-state index >= 15 is 0 Å². The van der Waals surface area contributed by atoms with Gasteiger partial charge in [0.2, 0.25) is 5.95 Å². The molecule has 6 N–H and O–H groups in total. The summed E-state index contributed by atoms with van der Waals surface area (Å²) in [4.78, 5) is 20.2. The first-order valence-electron chi connectivity index (χ1n) is 8.62. The maximum absolute atomic E-state index is 11.6. The number of anilines is 4. The van der Waals surface area contributed by atoms with Gasteiger partial charge in [0.05, 0.1) is 11.3 Å². The molecule has 0 fully saturated rings. The van der Waals surface area contributed by atoms with E-state index in [0.29, 0.717) is 24.1 Å². The number of hydrogen-bond donors (Lipinski definition) is 5. The molecule has 2 aromatic rings. The molecule has 28 heavy (non-hydrogen) atoms. The maximum atomic E-state index is 11.6. The summed E-state index contributed by atoms with van der Waals surface area (Å²) in [7, 11) is 0. The Morgan fingerprint density at radius 1 is 1.39 bits per heavy atom. The molecule has 0 bridgehead atoms. The number of ether oxygens (including phenoxy) is 1. The Morgan fingerprint density at radius 2 is 2.14 bits per heavy atom. The molecule has 2 heterocycles. The second kappa shape index (κ2) is 8.53. The van der Waals surface area contributed by atoms with Gasteiger partial charge in [0, 0.05) is 24.0 Å². The number of aliphatic hydroxyl groups is 1. The molecular weight excluding hydrogens is 380 g/mol. The number of carbonyl (C=O) groups excluding carboxylic acids is 1. The van der Waals surface area contributed by atoms with Crippen molar-refractivity contribution in [2.75, 3.05) is 29.1 Å². The Labute approximate surface area is 170 Å². The summed E-state index contributed by atoms with van der Waals surface area (Å²) in [6.45, 7) is 6.52. The van der Waals surface area contributed by atoms with E-state index in [9.17, 15) is 9.90 Å². The lowest BCUT2D eigenvalue weighted by molar-refractivity contribution is 0.100. The quantitative estimate of drug-likeness (QED) is 0.519. The molecule has 0 saturated carbocycles. The number of amides is 1. The molecule has 0 radical (unpaired) electrons. The zero-order chi connectivity index (χ0) is 19.6. The van der Waals surface area contributed by atoms with Crippen LogP contribution < -0.4 is 26.4 Å². The Kier molecular flexibility index (Phi) is 6.57. The van der Waals surface area contributed by atoms with Crippen molar-refractivity contribution in [1.29, 1.82) is 0 Å². The summed E-state index contributed by atoms with van der Waals surface area (Å²) in [6.07, 6.45) is 0.830. The summed E-state index contributed by atoms with van der Waals surface area (Å²) < 4.78 is 5.55. The number of carbonyl (C=O) groups is 1. The van der Waals surface area contributed by atoms with Crippen LogP contribution in [0.25, 0.3) is 0 Å². The first-order chi connectivity index (χ1) is 12.7. The predicted molar refractivity (Wildman–Crippen MR) is 114 cm³/mol. The first-order valence-corrected chi connectivity index (χ1v) is 8.62. The van der Waals surface area contributed by atoms with Gasteiger partial charge in [0.15, 0.2) is 0 Å². The Balaban J connectivity index is 0.00000280. The monoisotopic (exact) mass is 406 g/mol. The highest BCUT2D eigenvalue weighted by Gasteiger charge is 2.18. The molecule has 1 aliphatic heterocycles. The highest BCUT2D eigenvalue weighted by molar-refractivity contribution is 7.59. The number of aliphatic hydroxyl groups excluding tert-OH is 1. The third-order valence-electron chi connectivity index (χ3n) is 3.74. The SMILES string of the molecule is CC(C)(C)Nc1nc(Nc2ccc3c(c2)NC[C@H](O)CO3)ncc1C(N)=O.S. The first kappa shape index (κ1) is 21.6. The van der Waals surface area contributed by atoms with Crippen LogP contribution in [-0.2, 0) is 0 Å². The number of nitrogens with one attached hydrogen (secondary N) is 3. The minimum Gasteiger partial charge on any atom is -0.489 e. The number of benzene rings is 1. The Bertz CT molecular complexity index is 856. The average molecular weight is 407 g/mol. The third-order valence-corrected chi connectivity index (χ3v) is 3.74. The van der Waals surface area contributed by atoms with Crippen molar-refractivity contribution < 1.29 is 14.6 Å². The molecule has 3 rings (SSSR count). The fraction of sp³-hybridized carbons (Fsp3) is 0.389. The second-order valence-electron chi connectivity index (χ2n) is 7.38. The van der Waals surface area contributed by atoms with Crippen molar-refractivity contribution in [3.8, 4) is 5.75 Å². The summed E-state index contributed by atoms with van der Waals surface area (Å²) in [6, 6.07) is 5.46. The number of nitrogens with two attached hydrogens (primary N) is 1.